The number of hydrogen-bond donors (Lipinski definition) is 0. The fourth-order valence-corrected chi connectivity index (χ4v) is 5.54. The third-order valence-corrected chi connectivity index (χ3v) is 7.98. The lowest BCUT2D eigenvalue weighted by Gasteiger charge is -2.09. The molecule has 0 bridgehead atoms. The number of nitrogens with zero attached hydrogens (tertiary/aromatic N) is 2. The van der Waals surface area contributed by atoms with Gasteiger partial charge in [0.2, 0.25) is 0 Å². The lowest BCUT2D eigenvalue weighted by molar-refractivity contribution is 0.339. The SMILES string of the molecule is Brc1cccc(CCCc2ccc(OCCSCCOc3ccc(CCCc4cccc(Br)n4)cc3)cc2)n1. The first kappa shape index (κ1) is 29.6. The largest absolute Gasteiger partial charge is 0.493 e. The molecule has 0 amide bonds. The summed E-state index contributed by atoms with van der Waals surface area (Å²) < 4.78 is 13.6. The number of halogens is 2. The van der Waals surface area contributed by atoms with Crippen LogP contribution in [-0.4, -0.2) is 34.7 Å². The van der Waals surface area contributed by atoms with E-state index in [2.05, 4.69) is 102 Å². The van der Waals surface area contributed by atoms with E-state index in [-0.39, 0.29) is 0 Å². The molecule has 0 aliphatic rings. The van der Waals surface area contributed by atoms with Gasteiger partial charge in [0, 0.05) is 22.9 Å². The van der Waals surface area contributed by atoms with Crippen molar-refractivity contribution in [3.63, 3.8) is 0 Å². The Morgan fingerprint density at radius 1 is 0.538 bits per heavy atom. The summed E-state index contributed by atoms with van der Waals surface area (Å²) in [5.74, 6) is 3.74. The molecule has 7 heteroatoms. The Morgan fingerprint density at radius 2 is 0.974 bits per heavy atom. The molecule has 2 heterocycles. The Bertz CT molecular complexity index is 1170. The van der Waals surface area contributed by atoms with Gasteiger partial charge in [0.15, 0.2) is 0 Å². The number of thioether (sulfide) groups is 1. The molecule has 4 aromatic rings. The van der Waals surface area contributed by atoms with Gasteiger partial charge in [-0.1, -0.05) is 36.4 Å². The van der Waals surface area contributed by atoms with Crippen LogP contribution in [0.4, 0.5) is 0 Å². The molecule has 0 unspecified atom stereocenters. The quantitative estimate of drug-likeness (QED) is 0.0884. The van der Waals surface area contributed by atoms with Gasteiger partial charge in [-0.15, -0.1) is 0 Å². The van der Waals surface area contributed by atoms with Crippen molar-refractivity contribution in [2.24, 2.45) is 0 Å². The van der Waals surface area contributed by atoms with Crippen molar-refractivity contribution < 1.29 is 9.47 Å². The van der Waals surface area contributed by atoms with Crippen molar-refractivity contribution in [2.75, 3.05) is 24.7 Å². The summed E-state index contributed by atoms with van der Waals surface area (Å²) in [4.78, 5) is 9.00. The van der Waals surface area contributed by atoms with E-state index in [1.807, 2.05) is 36.0 Å². The molecule has 0 fully saturated rings. The molecule has 0 N–H and O–H groups in total. The number of hydrogen-bond acceptors (Lipinski definition) is 5. The van der Waals surface area contributed by atoms with Gasteiger partial charge in [0.05, 0.1) is 13.2 Å². The van der Waals surface area contributed by atoms with E-state index in [1.165, 1.54) is 11.1 Å². The standard InChI is InChI=1S/C32H34Br2N2O2S/c33-31-11-3-9-27(35-31)7-1-5-25-13-17-29(18-14-25)37-21-23-39-24-22-38-30-19-15-26(16-20-30)6-2-8-28-10-4-12-32(34)36-28/h3-4,9-20H,1-2,5-8,21-24H2. The Morgan fingerprint density at radius 3 is 1.38 bits per heavy atom. The predicted molar refractivity (Wildman–Crippen MR) is 169 cm³/mol. The molecule has 0 spiro atoms. The van der Waals surface area contributed by atoms with E-state index >= 15 is 0 Å². The lowest BCUT2D eigenvalue weighted by Crippen LogP contribution is -2.05. The van der Waals surface area contributed by atoms with Gasteiger partial charge in [-0.25, -0.2) is 9.97 Å². The molecule has 2 aromatic heterocycles. The van der Waals surface area contributed by atoms with Gasteiger partial charge in [-0.2, -0.15) is 11.8 Å². The molecular weight excluding hydrogens is 636 g/mol. The van der Waals surface area contributed by atoms with Crippen molar-refractivity contribution in [1.29, 1.82) is 0 Å². The van der Waals surface area contributed by atoms with Crippen LogP contribution in [0.15, 0.2) is 94.1 Å². The monoisotopic (exact) mass is 668 g/mol. The molecule has 0 atom stereocenters. The minimum Gasteiger partial charge on any atom is -0.493 e. The van der Waals surface area contributed by atoms with E-state index < -0.39 is 0 Å². The number of aromatic nitrogens is 2. The summed E-state index contributed by atoms with van der Waals surface area (Å²) in [6.45, 7) is 1.39. The molecule has 39 heavy (non-hydrogen) atoms. The van der Waals surface area contributed by atoms with Crippen LogP contribution < -0.4 is 9.47 Å². The number of rotatable bonds is 16. The molecule has 204 valence electrons. The van der Waals surface area contributed by atoms with Gasteiger partial charge in [-0.05, 0) is 130 Å². The average Bonchev–Trinajstić information content (AvgIpc) is 2.94. The summed E-state index contributed by atoms with van der Waals surface area (Å²) in [5, 5.41) is 0. The third kappa shape index (κ3) is 11.3. The van der Waals surface area contributed by atoms with Gasteiger partial charge in [0.25, 0.3) is 0 Å². The first-order chi connectivity index (χ1) is 19.1. The molecule has 0 saturated carbocycles. The van der Waals surface area contributed by atoms with Gasteiger partial charge in [-0.3, -0.25) is 0 Å². The second-order valence-corrected chi connectivity index (χ2v) is 12.1. The maximum Gasteiger partial charge on any atom is 0.119 e. The average molecular weight is 671 g/mol. The van der Waals surface area contributed by atoms with Crippen LogP contribution in [0, 0.1) is 0 Å². The van der Waals surface area contributed by atoms with Crippen molar-refractivity contribution in [3.8, 4) is 11.5 Å². The Labute approximate surface area is 253 Å². The lowest BCUT2D eigenvalue weighted by atomic mass is 10.1. The highest BCUT2D eigenvalue weighted by Gasteiger charge is 2.02. The smallest absolute Gasteiger partial charge is 0.119 e. The first-order valence-corrected chi connectivity index (χ1v) is 16.1. The fraction of sp³-hybridized carbons (Fsp3) is 0.312. The summed E-state index contributed by atoms with van der Waals surface area (Å²) in [5.41, 5.74) is 4.91. The Balaban J connectivity index is 1.02. The highest BCUT2D eigenvalue weighted by atomic mass is 79.9. The van der Waals surface area contributed by atoms with Crippen LogP contribution >= 0.6 is 43.6 Å². The van der Waals surface area contributed by atoms with E-state index in [1.54, 1.807) is 0 Å². The number of pyridine rings is 2. The van der Waals surface area contributed by atoms with Crippen molar-refractivity contribution in [3.05, 3.63) is 117 Å². The zero-order valence-corrected chi connectivity index (χ0v) is 26.0. The van der Waals surface area contributed by atoms with Crippen molar-refractivity contribution >= 4 is 43.6 Å². The second kappa shape index (κ2) is 16.7. The summed E-state index contributed by atoms with van der Waals surface area (Å²) in [6, 6.07) is 29.1. The van der Waals surface area contributed by atoms with E-state index in [9.17, 15) is 0 Å². The normalized spacial score (nSPS) is 10.9. The van der Waals surface area contributed by atoms with Crippen LogP contribution in [-0.2, 0) is 25.7 Å². The van der Waals surface area contributed by atoms with Gasteiger partial charge < -0.3 is 9.47 Å². The molecule has 2 aromatic carbocycles. The zero-order valence-electron chi connectivity index (χ0n) is 22.0. The van der Waals surface area contributed by atoms with Crippen LogP contribution in [0.1, 0.15) is 35.4 Å². The van der Waals surface area contributed by atoms with Crippen LogP contribution in [0.3, 0.4) is 0 Å². The summed E-state index contributed by atoms with van der Waals surface area (Å²) >= 11 is 8.72. The van der Waals surface area contributed by atoms with Gasteiger partial charge in [0.1, 0.15) is 20.7 Å². The molecule has 4 rings (SSSR count). The Hall–Kier alpha value is -2.35. The van der Waals surface area contributed by atoms with E-state index in [0.717, 1.165) is 82.1 Å². The maximum atomic E-state index is 5.91. The molecule has 0 aliphatic heterocycles. The molecule has 4 nitrogen and oxygen atoms in total. The summed E-state index contributed by atoms with van der Waals surface area (Å²) in [6.07, 6.45) is 6.20. The Kier molecular flexibility index (Phi) is 12.7. The zero-order chi connectivity index (χ0) is 27.1. The molecule has 0 saturated heterocycles. The first-order valence-electron chi connectivity index (χ1n) is 13.4. The van der Waals surface area contributed by atoms with Crippen molar-refractivity contribution in [1.82, 2.24) is 9.97 Å². The maximum absolute atomic E-state index is 5.91. The van der Waals surface area contributed by atoms with Gasteiger partial charge >= 0.3 is 0 Å². The topological polar surface area (TPSA) is 44.2 Å². The molecule has 0 aliphatic carbocycles. The van der Waals surface area contributed by atoms with Crippen LogP contribution in [0.5, 0.6) is 11.5 Å². The molecular formula is C32H34Br2N2O2S. The second-order valence-electron chi connectivity index (χ2n) is 9.21. The number of aryl methyl sites for hydroxylation is 4. The van der Waals surface area contributed by atoms with E-state index in [4.69, 9.17) is 9.47 Å². The van der Waals surface area contributed by atoms with Crippen LogP contribution in [0.25, 0.3) is 0 Å². The van der Waals surface area contributed by atoms with E-state index in [0.29, 0.717) is 13.2 Å². The fourth-order valence-electron chi connectivity index (χ4n) is 4.17. The highest BCUT2D eigenvalue weighted by Crippen LogP contribution is 2.17. The predicted octanol–water partition coefficient (Wildman–Crippen LogP) is 8.54. The van der Waals surface area contributed by atoms with Crippen LogP contribution in [0.2, 0.25) is 0 Å². The third-order valence-electron chi connectivity index (χ3n) is 6.18. The number of ether oxygens (including phenoxy) is 2. The van der Waals surface area contributed by atoms with Crippen molar-refractivity contribution in [2.45, 2.75) is 38.5 Å². The summed E-state index contributed by atoms with van der Waals surface area (Å²) in [7, 11) is 0. The number of benzene rings is 2. The minimum atomic E-state index is 0.697. The highest BCUT2D eigenvalue weighted by molar-refractivity contribution is 9.10. The molecule has 0 radical (unpaired) electrons. The minimum absolute atomic E-state index is 0.697.